The van der Waals surface area contributed by atoms with Crippen LogP contribution < -0.4 is 10.1 Å². The van der Waals surface area contributed by atoms with Gasteiger partial charge in [-0.3, -0.25) is 0 Å². The first-order valence-corrected chi connectivity index (χ1v) is 6.82. The van der Waals surface area contributed by atoms with Gasteiger partial charge in [0.1, 0.15) is 5.75 Å². The van der Waals surface area contributed by atoms with Gasteiger partial charge in [0.05, 0.1) is 18.6 Å². The van der Waals surface area contributed by atoms with Gasteiger partial charge < -0.3 is 14.6 Å². The van der Waals surface area contributed by atoms with Crippen LogP contribution in [0.3, 0.4) is 0 Å². The molecule has 100 valence electrons. The average molecular weight is 257 g/mol. The quantitative estimate of drug-likeness (QED) is 0.910. The maximum absolute atomic E-state index is 5.46. The number of nitrogens with zero attached hydrogens (tertiary/aromatic N) is 2. The highest BCUT2D eigenvalue weighted by molar-refractivity contribution is 5.28. The van der Waals surface area contributed by atoms with Crippen molar-refractivity contribution >= 4 is 0 Å². The summed E-state index contributed by atoms with van der Waals surface area (Å²) in [5.74, 6) is 0.933. The number of ether oxygens (including phenoxy) is 1. The third-order valence-corrected chi connectivity index (χ3v) is 3.45. The van der Waals surface area contributed by atoms with E-state index in [4.69, 9.17) is 4.74 Å². The maximum atomic E-state index is 5.46. The molecule has 0 unspecified atom stereocenters. The van der Waals surface area contributed by atoms with Crippen LogP contribution in [-0.4, -0.2) is 22.7 Å². The highest BCUT2D eigenvalue weighted by Crippen LogP contribution is 2.16. The Bertz CT molecular complexity index is 545. The number of hydrogen-bond acceptors (Lipinski definition) is 3. The number of aromatic nitrogens is 2. The first-order valence-electron chi connectivity index (χ1n) is 6.82. The van der Waals surface area contributed by atoms with Crippen molar-refractivity contribution < 1.29 is 4.74 Å². The summed E-state index contributed by atoms with van der Waals surface area (Å²) in [7, 11) is 0. The summed E-state index contributed by atoms with van der Waals surface area (Å²) in [6.07, 6.45) is 3.01. The molecule has 0 atom stereocenters. The van der Waals surface area contributed by atoms with Crippen LogP contribution in [0.4, 0.5) is 0 Å². The summed E-state index contributed by atoms with van der Waals surface area (Å²) in [5.41, 5.74) is 3.84. The zero-order valence-corrected chi connectivity index (χ0v) is 11.2. The smallest absolute Gasteiger partial charge is 0.119 e. The third kappa shape index (κ3) is 2.63. The van der Waals surface area contributed by atoms with Crippen molar-refractivity contribution in [2.24, 2.45) is 0 Å². The van der Waals surface area contributed by atoms with Crippen LogP contribution in [0.15, 0.2) is 30.6 Å². The van der Waals surface area contributed by atoms with Crippen LogP contribution >= 0.6 is 0 Å². The molecular formula is C15H19N3O. The molecular weight excluding hydrogens is 238 g/mol. The molecule has 0 spiro atoms. The van der Waals surface area contributed by atoms with Crippen molar-refractivity contribution in [2.75, 3.05) is 13.2 Å². The van der Waals surface area contributed by atoms with E-state index in [0.717, 1.165) is 31.8 Å². The Balaban J connectivity index is 1.75. The fourth-order valence-electron chi connectivity index (χ4n) is 2.49. The lowest BCUT2D eigenvalue weighted by Crippen LogP contribution is -2.25. The molecule has 0 bridgehead atoms. The van der Waals surface area contributed by atoms with Crippen molar-refractivity contribution in [3.8, 4) is 5.75 Å². The number of imidazole rings is 1. The molecule has 1 aromatic heterocycles. The molecule has 1 aliphatic heterocycles. The number of hydrogen-bond donors (Lipinski definition) is 1. The summed E-state index contributed by atoms with van der Waals surface area (Å²) < 4.78 is 7.71. The summed E-state index contributed by atoms with van der Waals surface area (Å²) in [6, 6.07) is 8.31. The van der Waals surface area contributed by atoms with Crippen LogP contribution in [0, 0.1) is 0 Å². The van der Waals surface area contributed by atoms with Crippen LogP contribution in [0.1, 0.15) is 23.9 Å². The van der Waals surface area contributed by atoms with Crippen LogP contribution in [-0.2, 0) is 19.5 Å². The second-order valence-corrected chi connectivity index (χ2v) is 4.77. The molecule has 0 fully saturated rings. The third-order valence-electron chi connectivity index (χ3n) is 3.45. The van der Waals surface area contributed by atoms with Crippen molar-refractivity contribution in [1.82, 2.24) is 14.9 Å². The highest BCUT2D eigenvalue weighted by atomic mass is 16.5. The van der Waals surface area contributed by atoms with Gasteiger partial charge in [-0.15, -0.1) is 0 Å². The first kappa shape index (κ1) is 12.2. The lowest BCUT2D eigenvalue weighted by Gasteiger charge is -2.15. The molecule has 2 aromatic rings. The first-order chi connectivity index (χ1) is 9.36. The maximum Gasteiger partial charge on any atom is 0.119 e. The Morgan fingerprint density at radius 3 is 2.95 bits per heavy atom. The van der Waals surface area contributed by atoms with Gasteiger partial charge >= 0.3 is 0 Å². The molecule has 2 heterocycles. The molecule has 4 heteroatoms. The highest BCUT2D eigenvalue weighted by Gasteiger charge is 2.14. The van der Waals surface area contributed by atoms with E-state index >= 15 is 0 Å². The Labute approximate surface area is 113 Å². The van der Waals surface area contributed by atoms with Gasteiger partial charge in [-0.05, 0) is 24.6 Å². The van der Waals surface area contributed by atoms with Gasteiger partial charge in [-0.2, -0.15) is 0 Å². The molecule has 0 radical (unpaired) electrons. The SMILES string of the molecule is CCOc1ccc(Cn2cnc3c2CCNC3)cc1. The Hall–Kier alpha value is -1.81. The van der Waals surface area contributed by atoms with Gasteiger partial charge in [0, 0.05) is 31.7 Å². The Kier molecular flexibility index (Phi) is 3.51. The van der Waals surface area contributed by atoms with E-state index in [0.29, 0.717) is 6.61 Å². The largest absolute Gasteiger partial charge is 0.494 e. The summed E-state index contributed by atoms with van der Waals surface area (Å²) >= 11 is 0. The van der Waals surface area contributed by atoms with E-state index in [1.165, 1.54) is 17.0 Å². The lowest BCUT2D eigenvalue weighted by molar-refractivity contribution is 0.340. The molecule has 1 aromatic carbocycles. The minimum Gasteiger partial charge on any atom is -0.494 e. The van der Waals surface area contributed by atoms with E-state index in [1.54, 1.807) is 0 Å². The van der Waals surface area contributed by atoms with E-state index in [1.807, 2.05) is 25.4 Å². The Morgan fingerprint density at radius 2 is 2.16 bits per heavy atom. The summed E-state index contributed by atoms with van der Waals surface area (Å²) in [6.45, 7) is 5.53. The van der Waals surface area contributed by atoms with Crippen LogP contribution in [0.25, 0.3) is 0 Å². The van der Waals surface area contributed by atoms with E-state index in [9.17, 15) is 0 Å². The summed E-state index contributed by atoms with van der Waals surface area (Å²) in [5, 5.41) is 3.35. The Morgan fingerprint density at radius 1 is 1.32 bits per heavy atom. The monoisotopic (exact) mass is 257 g/mol. The van der Waals surface area contributed by atoms with Crippen molar-refractivity contribution in [2.45, 2.75) is 26.4 Å². The summed E-state index contributed by atoms with van der Waals surface area (Å²) in [4.78, 5) is 4.48. The van der Waals surface area contributed by atoms with Crippen LogP contribution in [0.5, 0.6) is 5.75 Å². The molecule has 0 saturated heterocycles. The van der Waals surface area contributed by atoms with E-state index in [-0.39, 0.29) is 0 Å². The molecule has 0 saturated carbocycles. The predicted molar refractivity (Wildman–Crippen MR) is 74.4 cm³/mol. The topological polar surface area (TPSA) is 39.1 Å². The molecule has 1 N–H and O–H groups in total. The number of fused-ring (bicyclic) bond motifs is 1. The molecule has 0 amide bonds. The van der Waals surface area contributed by atoms with E-state index in [2.05, 4.69) is 27.0 Å². The zero-order valence-electron chi connectivity index (χ0n) is 11.2. The molecule has 0 aliphatic carbocycles. The lowest BCUT2D eigenvalue weighted by atomic mass is 10.1. The second kappa shape index (κ2) is 5.45. The van der Waals surface area contributed by atoms with Gasteiger partial charge in [0.2, 0.25) is 0 Å². The van der Waals surface area contributed by atoms with Gasteiger partial charge in [0.25, 0.3) is 0 Å². The van der Waals surface area contributed by atoms with Gasteiger partial charge in [0.15, 0.2) is 0 Å². The zero-order chi connectivity index (χ0) is 13.1. The molecule has 3 rings (SSSR count). The molecule has 1 aliphatic rings. The number of nitrogens with one attached hydrogen (secondary N) is 1. The van der Waals surface area contributed by atoms with Crippen LogP contribution in [0.2, 0.25) is 0 Å². The fourth-order valence-corrected chi connectivity index (χ4v) is 2.49. The standard InChI is InChI=1S/C15H19N3O/c1-2-19-13-5-3-12(4-6-13)10-18-11-17-14-9-16-8-7-15(14)18/h3-6,11,16H,2,7-10H2,1H3. The van der Waals surface area contributed by atoms with Crippen molar-refractivity contribution in [1.29, 1.82) is 0 Å². The number of benzene rings is 1. The second-order valence-electron chi connectivity index (χ2n) is 4.77. The molecule has 4 nitrogen and oxygen atoms in total. The molecule has 19 heavy (non-hydrogen) atoms. The van der Waals surface area contributed by atoms with E-state index < -0.39 is 0 Å². The number of rotatable bonds is 4. The predicted octanol–water partition coefficient (Wildman–Crippen LogP) is 1.98. The van der Waals surface area contributed by atoms with Crippen molar-refractivity contribution in [3.63, 3.8) is 0 Å². The minimum atomic E-state index is 0.710. The fraction of sp³-hybridized carbons (Fsp3) is 0.400. The van der Waals surface area contributed by atoms with Gasteiger partial charge in [-0.25, -0.2) is 4.98 Å². The van der Waals surface area contributed by atoms with Gasteiger partial charge in [-0.1, -0.05) is 12.1 Å². The average Bonchev–Trinajstić information content (AvgIpc) is 2.85. The minimum absolute atomic E-state index is 0.710. The van der Waals surface area contributed by atoms with Crippen molar-refractivity contribution in [3.05, 3.63) is 47.5 Å². The normalized spacial score (nSPS) is 14.2.